The zero-order chi connectivity index (χ0) is 22.2. The fraction of sp³-hybridized carbons (Fsp3) is 0.579. The van der Waals surface area contributed by atoms with E-state index in [1.165, 1.54) is 4.68 Å². The molecule has 1 aliphatic rings. The van der Waals surface area contributed by atoms with Gasteiger partial charge < -0.3 is 14.8 Å². The maximum absolute atomic E-state index is 13.4. The van der Waals surface area contributed by atoms with Crippen LogP contribution in [0.4, 0.5) is 24.8 Å². The van der Waals surface area contributed by atoms with E-state index < -0.39 is 11.9 Å². The molecule has 0 radical (unpaired) electrons. The van der Waals surface area contributed by atoms with Gasteiger partial charge in [0.1, 0.15) is 5.69 Å². The number of nitrogens with one attached hydrogen (secondary N) is 1. The van der Waals surface area contributed by atoms with E-state index in [-0.39, 0.29) is 36.2 Å². The van der Waals surface area contributed by atoms with Crippen LogP contribution >= 0.6 is 0 Å². The molecular formula is C19H24F3N7O2. The van der Waals surface area contributed by atoms with Gasteiger partial charge >= 0.3 is 6.18 Å². The first-order chi connectivity index (χ1) is 14.8. The molecule has 0 saturated heterocycles. The van der Waals surface area contributed by atoms with Gasteiger partial charge in [-0.2, -0.15) is 23.3 Å². The molecule has 1 atom stereocenters. The van der Waals surface area contributed by atoms with Crippen molar-refractivity contribution in [2.45, 2.75) is 52.4 Å². The second kappa shape index (κ2) is 8.33. The molecule has 0 saturated carbocycles. The minimum atomic E-state index is -4.59. The third-order valence-corrected chi connectivity index (χ3v) is 5.17. The topological polar surface area (TPSA) is 91.9 Å². The standard InChI is InChI=1S/C19H24F3N7O2/c1-4-30-9-6-11(2)29-12(3)14-17(27-29)31-8-5-7-28-16-13(10-23-18(24-14)25-16)15(26-28)19(20,21)22/h10-11H,4-9H2,1-3H3,(H,23,24,25). The summed E-state index contributed by atoms with van der Waals surface area (Å²) in [5.41, 5.74) is 0.543. The van der Waals surface area contributed by atoms with Crippen molar-refractivity contribution in [1.82, 2.24) is 29.5 Å². The van der Waals surface area contributed by atoms with Crippen LogP contribution in [0.25, 0.3) is 11.0 Å². The number of fused-ring (bicyclic) bond motifs is 2. The molecule has 4 rings (SSSR count). The highest BCUT2D eigenvalue weighted by molar-refractivity contribution is 5.79. The number of aryl methyl sites for hydroxylation is 1. The van der Waals surface area contributed by atoms with Crippen molar-refractivity contribution in [1.29, 1.82) is 0 Å². The minimum Gasteiger partial charge on any atom is -0.475 e. The summed E-state index contributed by atoms with van der Waals surface area (Å²) in [6.07, 6.45) is -2.21. The number of anilines is 2. The number of hydrogen-bond donors (Lipinski definition) is 1. The Balaban J connectivity index is 1.72. The lowest BCUT2D eigenvalue weighted by atomic mass is 10.2. The number of aromatic nitrogens is 6. The van der Waals surface area contributed by atoms with Crippen molar-refractivity contribution in [3.63, 3.8) is 0 Å². The summed E-state index contributed by atoms with van der Waals surface area (Å²) in [6.45, 7) is 7.63. The van der Waals surface area contributed by atoms with Crippen LogP contribution in [0, 0.1) is 6.92 Å². The summed E-state index contributed by atoms with van der Waals surface area (Å²) < 4.78 is 54.5. The van der Waals surface area contributed by atoms with Crippen molar-refractivity contribution < 1.29 is 22.6 Å². The first-order valence-electron chi connectivity index (χ1n) is 10.2. The molecule has 1 unspecified atom stereocenters. The molecular weight excluding hydrogens is 415 g/mol. The molecule has 0 aliphatic carbocycles. The second-order valence-electron chi connectivity index (χ2n) is 7.37. The zero-order valence-corrected chi connectivity index (χ0v) is 17.5. The number of alkyl halides is 3. The molecule has 2 bridgehead atoms. The third kappa shape index (κ3) is 4.16. The van der Waals surface area contributed by atoms with Crippen LogP contribution in [-0.4, -0.2) is 49.3 Å². The van der Waals surface area contributed by atoms with Crippen LogP contribution in [0.5, 0.6) is 5.88 Å². The monoisotopic (exact) mass is 439 g/mol. The largest absolute Gasteiger partial charge is 0.475 e. The molecule has 31 heavy (non-hydrogen) atoms. The van der Waals surface area contributed by atoms with Crippen LogP contribution < -0.4 is 10.1 Å². The first kappa shape index (κ1) is 21.3. The molecule has 3 aromatic rings. The van der Waals surface area contributed by atoms with Crippen molar-refractivity contribution in [2.24, 2.45) is 0 Å². The predicted molar refractivity (Wildman–Crippen MR) is 107 cm³/mol. The SMILES string of the molecule is CCOCCC(C)n1nc2c(c1C)Nc1ncc3c(C(F)(F)F)nn(c3n1)CCCO2. The Morgan fingerprint density at radius 2 is 2.13 bits per heavy atom. The summed E-state index contributed by atoms with van der Waals surface area (Å²) >= 11 is 0. The minimum absolute atomic E-state index is 0.0662. The number of hydrogen-bond acceptors (Lipinski definition) is 7. The van der Waals surface area contributed by atoms with Crippen LogP contribution in [0.15, 0.2) is 6.20 Å². The van der Waals surface area contributed by atoms with Gasteiger partial charge in [-0.1, -0.05) is 0 Å². The van der Waals surface area contributed by atoms with Crippen molar-refractivity contribution in [3.8, 4) is 5.88 Å². The van der Waals surface area contributed by atoms with E-state index in [0.717, 1.165) is 18.3 Å². The van der Waals surface area contributed by atoms with Gasteiger partial charge in [0.05, 0.1) is 23.7 Å². The van der Waals surface area contributed by atoms with Crippen molar-refractivity contribution >= 4 is 22.7 Å². The van der Waals surface area contributed by atoms with Gasteiger partial charge in [-0.3, -0.25) is 4.68 Å². The van der Waals surface area contributed by atoms with Crippen molar-refractivity contribution in [3.05, 3.63) is 17.6 Å². The molecule has 4 heterocycles. The first-order valence-corrected chi connectivity index (χ1v) is 10.2. The van der Waals surface area contributed by atoms with Gasteiger partial charge in [0.2, 0.25) is 5.95 Å². The fourth-order valence-corrected chi connectivity index (χ4v) is 3.57. The molecule has 0 aromatic carbocycles. The zero-order valence-electron chi connectivity index (χ0n) is 17.5. The number of rotatable bonds is 5. The lowest BCUT2D eigenvalue weighted by molar-refractivity contribution is -0.140. The summed E-state index contributed by atoms with van der Waals surface area (Å²) in [5, 5.41) is 11.3. The molecule has 12 heteroatoms. The molecule has 1 N–H and O–H groups in total. The fourth-order valence-electron chi connectivity index (χ4n) is 3.57. The third-order valence-electron chi connectivity index (χ3n) is 5.17. The second-order valence-corrected chi connectivity index (χ2v) is 7.37. The number of ether oxygens (including phenoxy) is 2. The van der Waals surface area contributed by atoms with E-state index in [9.17, 15) is 13.2 Å². The van der Waals surface area contributed by atoms with Gasteiger partial charge in [-0.05, 0) is 27.2 Å². The molecule has 0 amide bonds. The molecule has 3 aromatic heterocycles. The van der Waals surface area contributed by atoms with Crippen LogP contribution in [0.2, 0.25) is 0 Å². The smallest absolute Gasteiger partial charge is 0.435 e. The highest BCUT2D eigenvalue weighted by atomic mass is 19.4. The lowest BCUT2D eigenvalue weighted by Gasteiger charge is -2.14. The summed E-state index contributed by atoms with van der Waals surface area (Å²) in [5.74, 6) is 0.554. The summed E-state index contributed by atoms with van der Waals surface area (Å²) in [4.78, 5) is 8.40. The Morgan fingerprint density at radius 3 is 2.87 bits per heavy atom. The van der Waals surface area contributed by atoms with E-state index in [0.29, 0.717) is 31.2 Å². The van der Waals surface area contributed by atoms with Crippen molar-refractivity contribution in [2.75, 3.05) is 25.1 Å². The summed E-state index contributed by atoms with van der Waals surface area (Å²) in [6, 6.07) is 0.0662. The predicted octanol–water partition coefficient (Wildman–Crippen LogP) is 3.86. The van der Waals surface area contributed by atoms with Gasteiger partial charge in [0.15, 0.2) is 11.3 Å². The van der Waals surface area contributed by atoms with Gasteiger partial charge in [0, 0.05) is 32.4 Å². The highest BCUT2D eigenvalue weighted by Crippen LogP contribution is 2.36. The quantitative estimate of drug-likeness (QED) is 0.604. The number of halogens is 3. The van der Waals surface area contributed by atoms with Crippen LogP contribution in [0.1, 0.15) is 44.1 Å². The van der Waals surface area contributed by atoms with E-state index >= 15 is 0 Å². The van der Waals surface area contributed by atoms with Gasteiger partial charge in [0.25, 0.3) is 5.88 Å². The number of nitrogens with zero attached hydrogens (tertiary/aromatic N) is 6. The molecule has 0 spiro atoms. The Labute approximate surface area is 176 Å². The normalized spacial score (nSPS) is 15.3. The maximum atomic E-state index is 13.4. The molecule has 0 fully saturated rings. The summed E-state index contributed by atoms with van der Waals surface area (Å²) in [7, 11) is 0. The Hall–Kier alpha value is -2.89. The van der Waals surface area contributed by atoms with E-state index in [2.05, 4.69) is 25.5 Å². The van der Waals surface area contributed by atoms with Gasteiger partial charge in [-0.25, -0.2) is 9.67 Å². The van der Waals surface area contributed by atoms with Gasteiger partial charge in [-0.15, -0.1) is 5.10 Å². The van der Waals surface area contributed by atoms with E-state index in [1.54, 1.807) is 0 Å². The highest BCUT2D eigenvalue weighted by Gasteiger charge is 2.37. The van der Waals surface area contributed by atoms with E-state index in [1.807, 2.05) is 25.5 Å². The molecule has 1 aliphatic heterocycles. The average Bonchev–Trinajstić information content (AvgIpc) is 3.23. The molecule has 168 valence electrons. The average molecular weight is 439 g/mol. The maximum Gasteiger partial charge on any atom is 0.435 e. The Morgan fingerprint density at radius 1 is 1.32 bits per heavy atom. The van der Waals surface area contributed by atoms with Crippen LogP contribution in [0.3, 0.4) is 0 Å². The molecule has 9 nitrogen and oxygen atoms in total. The Bertz CT molecular complexity index is 1080. The van der Waals surface area contributed by atoms with Crippen LogP contribution in [-0.2, 0) is 17.5 Å². The van der Waals surface area contributed by atoms with E-state index in [4.69, 9.17) is 9.47 Å². The Kier molecular flexibility index (Phi) is 5.73. The lowest BCUT2D eigenvalue weighted by Crippen LogP contribution is -2.12.